The lowest BCUT2D eigenvalue weighted by molar-refractivity contribution is -0.384. The number of aromatic nitrogens is 2. The average molecular weight is 561 g/mol. The molecule has 0 atom stereocenters. The molecule has 3 rings (SSSR count). The molecule has 0 saturated heterocycles. The summed E-state index contributed by atoms with van der Waals surface area (Å²) in [7, 11) is 0. The molecule has 0 radical (unpaired) electrons. The topological polar surface area (TPSA) is 108 Å². The Kier molecular flexibility index (Phi) is 9.88. The molecule has 1 amide bonds. The standard InChI is InChI=1S/C27H30Cl2N4O5/c1-18-10-11-21(15-22(18)24-23(28)16-30-25(29)31-24)37-13-6-5-12-32(26(34)38-27(2,3)4)17-19-8-7-9-20(14-19)33(35)36/h7-11,14-16H,5-6,12-13,17H2,1-4H3. The van der Waals surface area contributed by atoms with Crippen molar-refractivity contribution >= 4 is 35.0 Å². The van der Waals surface area contributed by atoms with Gasteiger partial charge in [-0.3, -0.25) is 10.1 Å². The number of ether oxygens (including phenoxy) is 2. The fourth-order valence-electron chi connectivity index (χ4n) is 3.63. The number of carbonyl (C=O) groups is 1. The fourth-order valence-corrected chi connectivity index (χ4v) is 3.95. The summed E-state index contributed by atoms with van der Waals surface area (Å²) in [6, 6.07) is 11.9. The smallest absolute Gasteiger partial charge is 0.410 e. The van der Waals surface area contributed by atoms with Crippen molar-refractivity contribution in [2.75, 3.05) is 13.2 Å². The van der Waals surface area contributed by atoms with Crippen LogP contribution >= 0.6 is 23.2 Å². The highest BCUT2D eigenvalue weighted by Gasteiger charge is 2.22. The minimum Gasteiger partial charge on any atom is -0.494 e. The number of nitro groups is 1. The summed E-state index contributed by atoms with van der Waals surface area (Å²) in [5, 5.41) is 11.6. The summed E-state index contributed by atoms with van der Waals surface area (Å²) in [4.78, 5) is 33.2. The van der Waals surface area contributed by atoms with Crippen LogP contribution in [-0.2, 0) is 11.3 Å². The molecule has 0 aliphatic heterocycles. The molecular formula is C27H30Cl2N4O5. The van der Waals surface area contributed by atoms with Crippen molar-refractivity contribution < 1.29 is 19.2 Å². The molecule has 1 heterocycles. The van der Waals surface area contributed by atoms with Crippen LogP contribution in [0.25, 0.3) is 11.3 Å². The maximum Gasteiger partial charge on any atom is 0.410 e. The van der Waals surface area contributed by atoms with Crippen LogP contribution in [0.1, 0.15) is 44.7 Å². The van der Waals surface area contributed by atoms with E-state index in [0.717, 1.165) is 11.1 Å². The van der Waals surface area contributed by atoms with E-state index in [0.29, 0.717) is 48.0 Å². The lowest BCUT2D eigenvalue weighted by atomic mass is 10.1. The van der Waals surface area contributed by atoms with Gasteiger partial charge in [0.25, 0.3) is 5.69 Å². The lowest BCUT2D eigenvalue weighted by Gasteiger charge is -2.27. The van der Waals surface area contributed by atoms with Gasteiger partial charge in [-0.25, -0.2) is 14.8 Å². The third-order valence-corrected chi connectivity index (χ3v) is 5.88. The number of nitro benzene ring substituents is 1. The summed E-state index contributed by atoms with van der Waals surface area (Å²) in [6.45, 7) is 8.34. The van der Waals surface area contributed by atoms with Crippen LogP contribution in [0, 0.1) is 17.0 Å². The molecule has 1 aromatic heterocycles. The van der Waals surface area contributed by atoms with Crippen molar-refractivity contribution in [3.8, 4) is 17.0 Å². The SMILES string of the molecule is Cc1ccc(OCCCCN(Cc2cccc([N+](=O)[O-])c2)C(=O)OC(C)(C)C)cc1-c1nc(Cl)ncc1Cl. The third-order valence-electron chi connectivity index (χ3n) is 5.42. The van der Waals surface area contributed by atoms with Gasteiger partial charge in [-0.05, 0) is 75.4 Å². The zero-order valence-electron chi connectivity index (χ0n) is 21.7. The van der Waals surface area contributed by atoms with Crippen molar-refractivity contribution in [3.05, 3.63) is 80.2 Å². The Bertz CT molecular complexity index is 1300. The minimum atomic E-state index is -0.666. The molecular weight excluding hydrogens is 531 g/mol. The first-order chi connectivity index (χ1) is 17.9. The highest BCUT2D eigenvalue weighted by molar-refractivity contribution is 6.33. The molecule has 0 aliphatic rings. The quantitative estimate of drug-likeness (QED) is 0.111. The number of carbonyl (C=O) groups excluding carboxylic acids is 1. The first-order valence-electron chi connectivity index (χ1n) is 12.1. The van der Waals surface area contributed by atoms with Crippen LogP contribution in [-0.4, -0.2) is 44.6 Å². The monoisotopic (exact) mass is 560 g/mol. The van der Waals surface area contributed by atoms with Crippen molar-refractivity contribution in [2.24, 2.45) is 0 Å². The van der Waals surface area contributed by atoms with Crippen LogP contribution in [0.4, 0.5) is 10.5 Å². The van der Waals surface area contributed by atoms with Gasteiger partial charge in [-0.2, -0.15) is 0 Å². The van der Waals surface area contributed by atoms with Gasteiger partial charge >= 0.3 is 6.09 Å². The molecule has 9 nitrogen and oxygen atoms in total. The van der Waals surface area contributed by atoms with E-state index < -0.39 is 16.6 Å². The third kappa shape index (κ3) is 8.56. The maximum atomic E-state index is 12.8. The molecule has 2 aromatic carbocycles. The molecule has 0 N–H and O–H groups in total. The summed E-state index contributed by atoms with van der Waals surface area (Å²) < 4.78 is 11.5. The Morgan fingerprint density at radius 1 is 1.13 bits per heavy atom. The first-order valence-corrected chi connectivity index (χ1v) is 12.8. The van der Waals surface area contributed by atoms with Crippen molar-refractivity contribution in [1.82, 2.24) is 14.9 Å². The highest BCUT2D eigenvalue weighted by Crippen LogP contribution is 2.31. The summed E-state index contributed by atoms with van der Waals surface area (Å²) in [5.74, 6) is 0.650. The van der Waals surface area contributed by atoms with E-state index >= 15 is 0 Å². The number of non-ortho nitro benzene ring substituents is 1. The van der Waals surface area contributed by atoms with Gasteiger partial charge in [0.2, 0.25) is 5.28 Å². The summed E-state index contributed by atoms with van der Waals surface area (Å²) in [6.07, 6.45) is 2.29. The molecule has 0 unspecified atom stereocenters. The second-order valence-corrected chi connectivity index (χ2v) is 10.4. The van der Waals surface area contributed by atoms with Crippen LogP contribution in [0.3, 0.4) is 0 Å². The molecule has 0 saturated carbocycles. The highest BCUT2D eigenvalue weighted by atomic mass is 35.5. The number of halogens is 2. The van der Waals surface area contributed by atoms with E-state index in [4.69, 9.17) is 32.7 Å². The molecule has 11 heteroatoms. The average Bonchev–Trinajstić information content (AvgIpc) is 2.84. The van der Waals surface area contributed by atoms with Crippen LogP contribution in [0.5, 0.6) is 5.75 Å². The van der Waals surface area contributed by atoms with Gasteiger partial charge < -0.3 is 14.4 Å². The molecule has 0 fully saturated rings. The van der Waals surface area contributed by atoms with Gasteiger partial charge in [-0.15, -0.1) is 0 Å². The zero-order valence-corrected chi connectivity index (χ0v) is 23.3. The largest absolute Gasteiger partial charge is 0.494 e. The number of nitrogens with zero attached hydrogens (tertiary/aromatic N) is 4. The number of aryl methyl sites for hydroxylation is 1. The zero-order chi connectivity index (χ0) is 27.9. The van der Waals surface area contributed by atoms with Crippen molar-refractivity contribution in [2.45, 2.75) is 52.7 Å². The fraction of sp³-hybridized carbons (Fsp3) is 0.370. The van der Waals surface area contributed by atoms with E-state index in [1.807, 2.05) is 25.1 Å². The van der Waals surface area contributed by atoms with E-state index in [1.165, 1.54) is 18.3 Å². The second kappa shape index (κ2) is 12.9. The Morgan fingerprint density at radius 2 is 1.89 bits per heavy atom. The van der Waals surface area contributed by atoms with Gasteiger partial charge in [0.05, 0.1) is 28.4 Å². The predicted molar refractivity (Wildman–Crippen MR) is 147 cm³/mol. The van der Waals surface area contributed by atoms with Crippen LogP contribution < -0.4 is 4.74 Å². The lowest BCUT2D eigenvalue weighted by Crippen LogP contribution is -2.37. The van der Waals surface area contributed by atoms with E-state index in [9.17, 15) is 14.9 Å². The number of unbranched alkanes of at least 4 members (excludes halogenated alkanes) is 1. The number of rotatable bonds is 10. The Hall–Kier alpha value is -3.43. The molecule has 0 aliphatic carbocycles. The number of hydrogen-bond donors (Lipinski definition) is 0. The number of benzene rings is 2. The normalized spacial score (nSPS) is 11.2. The van der Waals surface area contributed by atoms with E-state index in [1.54, 1.807) is 37.8 Å². The van der Waals surface area contributed by atoms with Gasteiger partial charge in [0.15, 0.2) is 0 Å². The van der Waals surface area contributed by atoms with E-state index in [2.05, 4.69) is 9.97 Å². The Morgan fingerprint density at radius 3 is 2.61 bits per heavy atom. The van der Waals surface area contributed by atoms with Crippen LogP contribution in [0.15, 0.2) is 48.7 Å². The molecule has 38 heavy (non-hydrogen) atoms. The van der Waals surface area contributed by atoms with E-state index in [-0.39, 0.29) is 17.5 Å². The maximum absolute atomic E-state index is 12.8. The summed E-state index contributed by atoms with van der Waals surface area (Å²) >= 11 is 12.2. The van der Waals surface area contributed by atoms with Gasteiger partial charge in [-0.1, -0.05) is 29.8 Å². The predicted octanol–water partition coefficient (Wildman–Crippen LogP) is 7.26. The van der Waals surface area contributed by atoms with Crippen LogP contribution in [0.2, 0.25) is 10.3 Å². The minimum absolute atomic E-state index is 0.0250. The van der Waals surface area contributed by atoms with Gasteiger partial charge in [0.1, 0.15) is 11.4 Å². The molecule has 3 aromatic rings. The second-order valence-electron chi connectivity index (χ2n) is 9.70. The van der Waals surface area contributed by atoms with Crippen molar-refractivity contribution in [1.29, 1.82) is 0 Å². The van der Waals surface area contributed by atoms with Crippen molar-refractivity contribution in [3.63, 3.8) is 0 Å². The number of amides is 1. The molecule has 202 valence electrons. The number of hydrogen-bond acceptors (Lipinski definition) is 7. The molecule has 0 bridgehead atoms. The Balaban J connectivity index is 1.61. The van der Waals surface area contributed by atoms with Gasteiger partial charge in [0, 0.05) is 30.8 Å². The summed E-state index contributed by atoms with van der Waals surface area (Å²) in [5.41, 5.74) is 2.25. The first kappa shape index (κ1) is 29.1. The Labute approximate surface area is 231 Å². The molecule has 0 spiro atoms.